The van der Waals surface area contributed by atoms with E-state index < -0.39 is 10.2 Å². The van der Waals surface area contributed by atoms with Gasteiger partial charge in [-0.2, -0.15) is 12.7 Å². The van der Waals surface area contributed by atoms with Gasteiger partial charge in [-0.05, 0) is 48.0 Å². The molecule has 6 nitrogen and oxygen atoms in total. The Bertz CT molecular complexity index is 533. The van der Waals surface area contributed by atoms with Crippen molar-refractivity contribution in [2.75, 3.05) is 24.9 Å². The van der Waals surface area contributed by atoms with Crippen molar-refractivity contribution in [3.05, 3.63) is 22.8 Å². The molecule has 1 fully saturated rings. The third-order valence-electron chi connectivity index (χ3n) is 3.28. The SMILES string of the molecule is CNCC1CCCCN1S(=O)(=O)Nc1ccc(Br)cn1. The third kappa shape index (κ3) is 3.91. The highest BCUT2D eigenvalue weighted by Crippen LogP contribution is 2.21. The van der Waals surface area contributed by atoms with Crippen LogP contribution in [0.15, 0.2) is 22.8 Å². The summed E-state index contributed by atoms with van der Waals surface area (Å²) in [7, 11) is -1.72. The summed E-state index contributed by atoms with van der Waals surface area (Å²) in [4.78, 5) is 4.05. The predicted molar refractivity (Wildman–Crippen MR) is 82.8 cm³/mol. The van der Waals surface area contributed by atoms with Crippen LogP contribution in [-0.2, 0) is 10.2 Å². The van der Waals surface area contributed by atoms with Crippen molar-refractivity contribution in [3.8, 4) is 0 Å². The Kier molecular flexibility index (Phi) is 5.36. The lowest BCUT2D eigenvalue weighted by Gasteiger charge is -2.34. The minimum Gasteiger partial charge on any atom is -0.318 e. The second-order valence-electron chi connectivity index (χ2n) is 4.79. The number of anilines is 1. The highest BCUT2D eigenvalue weighted by molar-refractivity contribution is 9.10. The van der Waals surface area contributed by atoms with Crippen LogP contribution >= 0.6 is 15.9 Å². The molecule has 1 aliphatic rings. The van der Waals surface area contributed by atoms with Crippen LogP contribution in [0.4, 0.5) is 5.82 Å². The van der Waals surface area contributed by atoms with Gasteiger partial charge in [-0.25, -0.2) is 4.98 Å². The minimum absolute atomic E-state index is 0.00157. The Morgan fingerprint density at radius 2 is 2.25 bits per heavy atom. The topological polar surface area (TPSA) is 74.3 Å². The fourth-order valence-electron chi connectivity index (χ4n) is 2.36. The van der Waals surface area contributed by atoms with Gasteiger partial charge in [0.25, 0.3) is 0 Å². The van der Waals surface area contributed by atoms with Crippen LogP contribution in [0.3, 0.4) is 0 Å². The van der Waals surface area contributed by atoms with Crippen molar-refractivity contribution in [2.45, 2.75) is 25.3 Å². The summed E-state index contributed by atoms with van der Waals surface area (Å²) in [6, 6.07) is 3.40. The summed E-state index contributed by atoms with van der Waals surface area (Å²) in [6.45, 7) is 1.22. The lowest BCUT2D eigenvalue weighted by atomic mass is 10.1. The summed E-state index contributed by atoms with van der Waals surface area (Å²) in [5.74, 6) is 0.335. The molecule has 0 bridgehead atoms. The molecule has 1 aromatic rings. The van der Waals surface area contributed by atoms with Crippen LogP contribution in [0.1, 0.15) is 19.3 Å². The Morgan fingerprint density at radius 3 is 2.90 bits per heavy atom. The molecule has 0 spiro atoms. The van der Waals surface area contributed by atoms with Crippen LogP contribution in [0.2, 0.25) is 0 Å². The van der Waals surface area contributed by atoms with Crippen molar-refractivity contribution in [2.24, 2.45) is 0 Å². The number of nitrogens with one attached hydrogen (secondary N) is 2. The van der Waals surface area contributed by atoms with Crippen LogP contribution in [0.25, 0.3) is 0 Å². The van der Waals surface area contributed by atoms with E-state index in [4.69, 9.17) is 0 Å². The molecule has 0 radical (unpaired) electrons. The fourth-order valence-corrected chi connectivity index (χ4v) is 4.04. The van der Waals surface area contributed by atoms with E-state index in [1.54, 1.807) is 18.3 Å². The number of rotatable bonds is 5. The molecule has 1 unspecified atom stereocenters. The number of likely N-dealkylation sites (N-methyl/N-ethyl adjacent to an activating group) is 1. The van der Waals surface area contributed by atoms with Crippen LogP contribution in [0.5, 0.6) is 0 Å². The number of piperidine rings is 1. The number of hydrogen-bond acceptors (Lipinski definition) is 4. The molecular weight excluding hydrogens is 344 g/mol. The molecule has 1 atom stereocenters. The maximum Gasteiger partial charge on any atom is 0.303 e. The third-order valence-corrected chi connectivity index (χ3v) is 5.32. The molecule has 0 saturated carbocycles. The molecule has 0 amide bonds. The van der Waals surface area contributed by atoms with Crippen molar-refractivity contribution >= 4 is 32.0 Å². The van der Waals surface area contributed by atoms with E-state index in [0.717, 1.165) is 23.7 Å². The first kappa shape index (κ1) is 15.7. The first-order valence-corrected chi connectivity index (χ1v) is 8.82. The zero-order chi connectivity index (χ0) is 14.6. The normalized spacial score (nSPS) is 20.8. The molecule has 1 aliphatic heterocycles. The average Bonchev–Trinajstić information content (AvgIpc) is 2.42. The zero-order valence-corrected chi connectivity index (χ0v) is 13.7. The number of aromatic nitrogens is 1. The van der Waals surface area contributed by atoms with Gasteiger partial charge < -0.3 is 5.32 Å². The van der Waals surface area contributed by atoms with Gasteiger partial charge in [-0.3, -0.25) is 4.72 Å². The Morgan fingerprint density at radius 1 is 1.45 bits per heavy atom. The molecule has 112 valence electrons. The molecular formula is C12H19BrN4O2S. The van der Waals surface area contributed by atoms with Crippen LogP contribution < -0.4 is 10.0 Å². The van der Waals surface area contributed by atoms with Crippen molar-refractivity contribution in [1.82, 2.24) is 14.6 Å². The second kappa shape index (κ2) is 6.84. The van der Waals surface area contributed by atoms with Gasteiger partial charge in [0, 0.05) is 29.8 Å². The van der Waals surface area contributed by atoms with Crippen LogP contribution in [0, 0.1) is 0 Å². The monoisotopic (exact) mass is 362 g/mol. The standard InChI is InChI=1S/C12H19BrN4O2S/c1-14-9-11-4-2-3-7-17(11)20(18,19)16-12-6-5-10(13)8-15-12/h5-6,8,11,14H,2-4,7,9H2,1H3,(H,15,16). The summed E-state index contributed by atoms with van der Waals surface area (Å²) < 4.78 is 29.8. The van der Waals surface area contributed by atoms with Gasteiger partial charge in [-0.1, -0.05) is 6.42 Å². The molecule has 2 rings (SSSR count). The maximum absolute atomic E-state index is 12.5. The molecule has 2 heterocycles. The Labute approximate surface area is 128 Å². The molecule has 0 aliphatic carbocycles. The first-order valence-electron chi connectivity index (χ1n) is 6.58. The summed E-state index contributed by atoms with van der Waals surface area (Å²) in [5, 5.41) is 3.06. The Balaban J connectivity index is 2.13. The highest BCUT2D eigenvalue weighted by atomic mass is 79.9. The second-order valence-corrected chi connectivity index (χ2v) is 7.33. The van der Waals surface area contributed by atoms with Gasteiger partial charge in [0.2, 0.25) is 0 Å². The van der Waals surface area contributed by atoms with Crippen LogP contribution in [-0.4, -0.2) is 43.9 Å². The van der Waals surface area contributed by atoms with Gasteiger partial charge in [0.1, 0.15) is 5.82 Å². The number of halogens is 1. The van der Waals surface area contributed by atoms with Gasteiger partial charge in [0.15, 0.2) is 0 Å². The molecule has 20 heavy (non-hydrogen) atoms. The van der Waals surface area contributed by atoms with Crippen molar-refractivity contribution in [3.63, 3.8) is 0 Å². The zero-order valence-electron chi connectivity index (χ0n) is 11.3. The number of nitrogens with zero attached hydrogens (tertiary/aromatic N) is 2. The van der Waals surface area contributed by atoms with E-state index in [-0.39, 0.29) is 6.04 Å². The quantitative estimate of drug-likeness (QED) is 0.833. The lowest BCUT2D eigenvalue weighted by Crippen LogP contribution is -2.50. The van der Waals surface area contributed by atoms with E-state index in [1.807, 2.05) is 7.05 Å². The first-order chi connectivity index (χ1) is 9.53. The molecule has 2 N–H and O–H groups in total. The van der Waals surface area contributed by atoms with Gasteiger partial charge in [0.05, 0.1) is 0 Å². The largest absolute Gasteiger partial charge is 0.318 e. The van der Waals surface area contributed by atoms with Crippen molar-refractivity contribution in [1.29, 1.82) is 0 Å². The summed E-state index contributed by atoms with van der Waals surface area (Å²) in [5.41, 5.74) is 0. The van der Waals surface area contributed by atoms with Crippen molar-refractivity contribution < 1.29 is 8.42 Å². The molecule has 0 aromatic carbocycles. The molecule has 1 saturated heterocycles. The average molecular weight is 363 g/mol. The van der Waals surface area contributed by atoms with E-state index in [9.17, 15) is 8.42 Å². The van der Waals surface area contributed by atoms with Gasteiger partial charge >= 0.3 is 10.2 Å². The predicted octanol–water partition coefficient (Wildman–Crippen LogP) is 1.57. The van der Waals surface area contributed by atoms with Gasteiger partial charge in [-0.15, -0.1) is 0 Å². The Hall–Kier alpha value is -0.700. The maximum atomic E-state index is 12.5. The minimum atomic E-state index is -3.56. The smallest absolute Gasteiger partial charge is 0.303 e. The molecule has 8 heteroatoms. The lowest BCUT2D eigenvalue weighted by molar-refractivity contribution is 0.250. The number of pyridine rings is 1. The number of hydrogen-bond donors (Lipinski definition) is 2. The fraction of sp³-hybridized carbons (Fsp3) is 0.583. The summed E-state index contributed by atoms with van der Waals surface area (Å²) >= 11 is 3.27. The van der Waals surface area contributed by atoms with E-state index >= 15 is 0 Å². The van der Waals surface area contributed by atoms with E-state index in [0.29, 0.717) is 18.9 Å². The van der Waals surface area contributed by atoms with E-state index in [1.165, 1.54) is 4.31 Å². The van der Waals surface area contributed by atoms with E-state index in [2.05, 4.69) is 31.0 Å². The summed E-state index contributed by atoms with van der Waals surface area (Å²) in [6.07, 6.45) is 4.42. The highest BCUT2D eigenvalue weighted by Gasteiger charge is 2.31. The molecule has 1 aromatic heterocycles.